The van der Waals surface area contributed by atoms with Gasteiger partial charge in [0.1, 0.15) is 5.82 Å². The molecule has 27 heavy (non-hydrogen) atoms. The van der Waals surface area contributed by atoms with E-state index in [2.05, 4.69) is 21.3 Å². The zero-order valence-corrected chi connectivity index (χ0v) is 16.2. The van der Waals surface area contributed by atoms with Crippen molar-refractivity contribution in [3.8, 4) is 11.5 Å². The molecule has 0 saturated carbocycles. The van der Waals surface area contributed by atoms with Crippen LogP contribution in [-0.2, 0) is 19.5 Å². The third-order valence-corrected chi connectivity index (χ3v) is 5.53. The van der Waals surface area contributed by atoms with Crippen LogP contribution in [0.4, 0.5) is 0 Å². The van der Waals surface area contributed by atoms with Crippen LogP contribution in [0.1, 0.15) is 47.9 Å². The highest BCUT2D eigenvalue weighted by molar-refractivity contribution is 5.46. The van der Waals surface area contributed by atoms with Gasteiger partial charge < -0.3 is 14.8 Å². The van der Waals surface area contributed by atoms with Crippen molar-refractivity contribution >= 4 is 0 Å². The lowest BCUT2D eigenvalue weighted by molar-refractivity contribution is 0.237. The Morgan fingerprint density at radius 1 is 1.22 bits per heavy atom. The van der Waals surface area contributed by atoms with Gasteiger partial charge in [0, 0.05) is 49.1 Å². The van der Waals surface area contributed by atoms with Gasteiger partial charge in [0.25, 0.3) is 0 Å². The van der Waals surface area contributed by atoms with E-state index >= 15 is 0 Å². The average Bonchev–Trinajstić information content (AvgIpc) is 2.73. The molecular weight excluding hydrogens is 340 g/mol. The van der Waals surface area contributed by atoms with Crippen molar-refractivity contribution in [1.29, 1.82) is 0 Å². The molecule has 6 heteroatoms. The minimum Gasteiger partial charge on any atom is -0.493 e. The molecule has 2 aliphatic heterocycles. The molecule has 0 unspecified atom stereocenters. The summed E-state index contributed by atoms with van der Waals surface area (Å²) in [4.78, 5) is 12.0. The maximum absolute atomic E-state index is 5.58. The van der Waals surface area contributed by atoms with E-state index in [1.54, 1.807) is 14.2 Å². The monoisotopic (exact) mass is 368 g/mol. The van der Waals surface area contributed by atoms with E-state index in [0.717, 1.165) is 61.9 Å². The molecule has 0 aliphatic carbocycles. The van der Waals surface area contributed by atoms with Gasteiger partial charge in [-0.3, -0.25) is 4.90 Å². The van der Waals surface area contributed by atoms with E-state index in [9.17, 15) is 0 Å². The standard InChI is InChI=1S/C21H28N4O2/c1-26-19-8-5-6-15(20(19)27-2)13-25-11-9-17-16(14-25)12-23-21(24-17)18-7-3-4-10-22-18/h5-6,8,12,18,22H,3-4,7,9-11,13-14H2,1-2H3/t18-/m0/s1. The number of rotatable bonds is 5. The first-order valence-corrected chi connectivity index (χ1v) is 9.78. The van der Waals surface area contributed by atoms with E-state index in [4.69, 9.17) is 14.5 Å². The van der Waals surface area contributed by atoms with Crippen LogP contribution in [0.3, 0.4) is 0 Å². The summed E-state index contributed by atoms with van der Waals surface area (Å²) >= 11 is 0. The number of para-hydroxylation sites is 1. The van der Waals surface area contributed by atoms with E-state index in [-0.39, 0.29) is 0 Å². The fraction of sp³-hybridized carbons (Fsp3) is 0.524. The van der Waals surface area contributed by atoms with Gasteiger partial charge in [0.05, 0.1) is 20.3 Å². The van der Waals surface area contributed by atoms with Crippen LogP contribution in [0.5, 0.6) is 11.5 Å². The molecule has 1 fully saturated rings. The minimum atomic E-state index is 0.322. The summed E-state index contributed by atoms with van der Waals surface area (Å²) in [6.45, 7) is 3.75. The molecule has 6 nitrogen and oxygen atoms in total. The van der Waals surface area contributed by atoms with Crippen LogP contribution in [0, 0.1) is 0 Å². The van der Waals surface area contributed by atoms with Crippen molar-refractivity contribution < 1.29 is 9.47 Å². The molecule has 0 radical (unpaired) electrons. The molecule has 1 atom stereocenters. The summed E-state index contributed by atoms with van der Waals surface area (Å²) in [6.07, 6.45) is 6.64. The molecule has 3 heterocycles. The Morgan fingerprint density at radius 2 is 2.15 bits per heavy atom. The molecule has 2 aromatic rings. The Morgan fingerprint density at radius 3 is 2.93 bits per heavy atom. The smallest absolute Gasteiger partial charge is 0.165 e. The number of hydrogen-bond acceptors (Lipinski definition) is 6. The van der Waals surface area contributed by atoms with Crippen molar-refractivity contribution in [2.75, 3.05) is 27.3 Å². The first kappa shape index (κ1) is 18.2. The van der Waals surface area contributed by atoms with Gasteiger partial charge in [0.15, 0.2) is 11.5 Å². The van der Waals surface area contributed by atoms with Crippen LogP contribution in [0.25, 0.3) is 0 Å². The molecule has 1 aromatic carbocycles. The topological polar surface area (TPSA) is 59.5 Å². The van der Waals surface area contributed by atoms with Crippen LogP contribution in [-0.4, -0.2) is 42.2 Å². The lowest BCUT2D eigenvalue weighted by Crippen LogP contribution is -2.33. The van der Waals surface area contributed by atoms with E-state index in [0.29, 0.717) is 6.04 Å². The van der Waals surface area contributed by atoms with Gasteiger partial charge in [-0.1, -0.05) is 18.6 Å². The highest BCUT2D eigenvalue weighted by Crippen LogP contribution is 2.32. The second kappa shape index (κ2) is 8.23. The zero-order valence-electron chi connectivity index (χ0n) is 16.2. The van der Waals surface area contributed by atoms with Gasteiger partial charge in [-0.2, -0.15) is 0 Å². The quantitative estimate of drug-likeness (QED) is 0.876. The first-order valence-electron chi connectivity index (χ1n) is 9.78. The third-order valence-electron chi connectivity index (χ3n) is 5.53. The maximum atomic E-state index is 5.58. The molecule has 1 aromatic heterocycles. The van der Waals surface area contributed by atoms with Crippen LogP contribution < -0.4 is 14.8 Å². The van der Waals surface area contributed by atoms with Crippen LogP contribution in [0.2, 0.25) is 0 Å². The minimum absolute atomic E-state index is 0.322. The number of ether oxygens (including phenoxy) is 2. The molecule has 144 valence electrons. The summed E-state index contributed by atoms with van der Waals surface area (Å²) < 4.78 is 11.0. The van der Waals surface area contributed by atoms with Crippen molar-refractivity contribution in [3.05, 3.63) is 47.0 Å². The molecule has 2 aliphatic rings. The van der Waals surface area contributed by atoms with Crippen LogP contribution >= 0.6 is 0 Å². The lowest BCUT2D eigenvalue weighted by atomic mass is 10.0. The summed E-state index contributed by atoms with van der Waals surface area (Å²) in [5.74, 6) is 2.57. The summed E-state index contributed by atoms with van der Waals surface area (Å²) in [6, 6.07) is 6.37. The highest BCUT2D eigenvalue weighted by Gasteiger charge is 2.23. The van der Waals surface area contributed by atoms with E-state index in [1.807, 2.05) is 18.3 Å². The molecule has 4 rings (SSSR count). The Kier molecular flexibility index (Phi) is 5.55. The average molecular weight is 368 g/mol. The molecular formula is C21H28N4O2. The van der Waals surface area contributed by atoms with Gasteiger partial charge in [-0.15, -0.1) is 0 Å². The molecule has 1 N–H and O–H groups in total. The molecule has 0 amide bonds. The number of piperidine rings is 1. The third kappa shape index (κ3) is 3.92. The summed E-state index contributed by atoms with van der Waals surface area (Å²) in [7, 11) is 3.37. The molecule has 1 saturated heterocycles. The largest absolute Gasteiger partial charge is 0.493 e. The predicted octanol–water partition coefficient (Wildman–Crippen LogP) is 2.87. The SMILES string of the molecule is COc1cccc(CN2CCc3nc([C@@H]4CCCCN4)ncc3C2)c1OC. The van der Waals surface area contributed by atoms with Crippen molar-refractivity contribution in [2.45, 2.75) is 44.8 Å². The van der Waals surface area contributed by atoms with E-state index < -0.39 is 0 Å². The fourth-order valence-electron chi connectivity index (χ4n) is 4.08. The van der Waals surface area contributed by atoms with Crippen molar-refractivity contribution in [1.82, 2.24) is 20.2 Å². The Hall–Kier alpha value is -2.18. The van der Waals surface area contributed by atoms with Gasteiger partial charge >= 0.3 is 0 Å². The van der Waals surface area contributed by atoms with Gasteiger partial charge in [-0.05, 0) is 25.5 Å². The second-order valence-corrected chi connectivity index (χ2v) is 7.32. The number of nitrogens with zero attached hydrogens (tertiary/aromatic N) is 3. The highest BCUT2D eigenvalue weighted by atomic mass is 16.5. The lowest BCUT2D eigenvalue weighted by Gasteiger charge is -2.29. The zero-order chi connectivity index (χ0) is 18.6. The second-order valence-electron chi connectivity index (χ2n) is 7.32. The summed E-state index contributed by atoms with van der Waals surface area (Å²) in [5, 5.41) is 3.55. The number of fused-ring (bicyclic) bond motifs is 1. The maximum Gasteiger partial charge on any atom is 0.165 e. The number of aromatic nitrogens is 2. The van der Waals surface area contributed by atoms with Crippen molar-refractivity contribution in [3.63, 3.8) is 0 Å². The number of benzene rings is 1. The van der Waals surface area contributed by atoms with Gasteiger partial charge in [-0.25, -0.2) is 9.97 Å². The Balaban J connectivity index is 1.47. The number of hydrogen-bond donors (Lipinski definition) is 1. The molecule has 0 spiro atoms. The molecule has 0 bridgehead atoms. The Labute approximate surface area is 160 Å². The predicted molar refractivity (Wildman–Crippen MR) is 104 cm³/mol. The number of methoxy groups -OCH3 is 2. The van der Waals surface area contributed by atoms with E-state index in [1.165, 1.54) is 24.1 Å². The fourth-order valence-corrected chi connectivity index (χ4v) is 4.08. The number of nitrogens with one attached hydrogen (secondary N) is 1. The van der Waals surface area contributed by atoms with Crippen molar-refractivity contribution in [2.24, 2.45) is 0 Å². The Bertz CT molecular complexity index is 790. The van der Waals surface area contributed by atoms with Gasteiger partial charge in [0.2, 0.25) is 0 Å². The first-order chi connectivity index (χ1) is 13.3. The normalized spacial score (nSPS) is 20.1. The summed E-state index contributed by atoms with van der Waals surface area (Å²) in [5.41, 5.74) is 3.59. The van der Waals surface area contributed by atoms with Crippen LogP contribution in [0.15, 0.2) is 24.4 Å².